The van der Waals surface area contributed by atoms with Crippen LogP contribution in [0.4, 0.5) is 0 Å². The van der Waals surface area contributed by atoms with Crippen molar-refractivity contribution in [2.75, 3.05) is 0 Å². The van der Waals surface area contributed by atoms with Gasteiger partial charge < -0.3 is 9.88 Å². The van der Waals surface area contributed by atoms with Gasteiger partial charge in [0, 0.05) is 28.9 Å². The Hall–Kier alpha value is -2.55. The molecule has 28 heavy (non-hydrogen) atoms. The van der Waals surface area contributed by atoms with Gasteiger partial charge in [-0.25, -0.2) is 4.68 Å². The summed E-state index contributed by atoms with van der Waals surface area (Å²) in [6.45, 7) is 4.59. The summed E-state index contributed by atoms with van der Waals surface area (Å²) in [6, 6.07) is 5.50. The molecule has 0 aliphatic carbocycles. The molecular formula is C19H21BrN6O2. The summed E-state index contributed by atoms with van der Waals surface area (Å²) >= 11 is 3.45. The van der Waals surface area contributed by atoms with Crippen molar-refractivity contribution in [1.82, 2.24) is 29.9 Å². The van der Waals surface area contributed by atoms with Crippen LogP contribution in [0.2, 0.25) is 0 Å². The van der Waals surface area contributed by atoms with Gasteiger partial charge in [0.1, 0.15) is 18.7 Å². The summed E-state index contributed by atoms with van der Waals surface area (Å²) in [4.78, 5) is 25.5. The maximum Gasteiger partial charge on any atom is 0.275 e. The quantitative estimate of drug-likeness (QED) is 0.663. The van der Waals surface area contributed by atoms with E-state index in [0.29, 0.717) is 11.9 Å². The van der Waals surface area contributed by atoms with Crippen LogP contribution in [-0.2, 0) is 24.3 Å². The molecule has 146 valence electrons. The van der Waals surface area contributed by atoms with Crippen LogP contribution in [0.5, 0.6) is 0 Å². The summed E-state index contributed by atoms with van der Waals surface area (Å²) in [5, 5.41) is 16.8. The van der Waals surface area contributed by atoms with Crippen molar-refractivity contribution in [2.24, 2.45) is 0 Å². The minimum absolute atomic E-state index is 0.00678. The van der Waals surface area contributed by atoms with E-state index in [1.807, 2.05) is 30.5 Å². The fourth-order valence-corrected chi connectivity index (χ4v) is 3.96. The Morgan fingerprint density at radius 2 is 2.18 bits per heavy atom. The van der Waals surface area contributed by atoms with Crippen LogP contribution in [0.3, 0.4) is 0 Å². The minimum Gasteiger partial charge on any atom is -0.350 e. The van der Waals surface area contributed by atoms with E-state index in [1.165, 1.54) is 4.68 Å². The molecule has 3 aromatic rings. The Labute approximate surface area is 170 Å². The Morgan fingerprint density at radius 1 is 1.36 bits per heavy atom. The number of nitrogens with one attached hydrogen (secondary N) is 1. The SMILES string of the molecule is CC(C)c1nn(CC(=O)NC2CCc3nncn3C2)c(=O)c2ccc(Br)cc12. The Bertz CT molecular complexity index is 1100. The highest BCUT2D eigenvalue weighted by molar-refractivity contribution is 9.10. The molecule has 0 saturated heterocycles. The Kier molecular flexibility index (Phi) is 5.01. The van der Waals surface area contributed by atoms with Gasteiger partial charge in [-0.3, -0.25) is 9.59 Å². The molecule has 1 aromatic carbocycles. The molecule has 0 saturated carbocycles. The molecule has 1 aliphatic rings. The number of aryl methyl sites for hydroxylation is 1. The van der Waals surface area contributed by atoms with Crippen molar-refractivity contribution in [1.29, 1.82) is 0 Å². The first kappa shape index (κ1) is 18.8. The number of benzene rings is 1. The average molecular weight is 445 g/mol. The number of hydrogen-bond acceptors (Lipinski definition) is 5. The number of amides is 1. The maximum absolute atomic E-state index is 12.9. The molecule has 3 heterocycles. The lowest BCUT2D eigenvalue weighted by atomic mass is 10.0. The van der Waals surface area contributed by atoms with Gasteiger partial charge >= 0.3 is 0 Å². The summed E-state index contributed by atoms with van der Waals surface area (Å²) in [6.07, 6.45) is 3.25. The molecule has 1 atom stereocenters. The van der Waals surface area contributed by atoms with Crippen LogP contribution in [0, 0.1) is 0 Å². The minimum atomic E-state index is -0.258. The van der Waals surface area contributed by atoms with E-state index in [-0.39, 0.29) is 30.0 Å². The van der Waals surface area contributed by atoms with Gasteiger partial charge in [0.25, 0.3) is 5.56 Å². The van der Waals surface area contributed by atoms with Gasteiger partial charge in [0.15, 0.2) is 0 Å². The lowest BCUT2D eigenvalue weighted by molar-refractivity contribution is -0.122. The molecular weight excluding hydrogens is 424 g/mol. The van der Waals surface area contributed by atoms with Crippen LogP contribution in [0.15, 0.2) is 33.8 Å². The molecule has 0 spiro atoms. The number of carbonyl (C=O) groups excluding carboxylic acids is 1. The van der Waals surface area contributed by atoms with Gasteiger partial charge in [-0.2, -0.15) is 5.10 Å². The zero-order chi connectivity index (χ0) is 19.8. The molecule has 1 N–H and O–H groups in total. The zero-order valence-electron chi connectivity index (χ0n) is 15.7. The van der Waals surface area contributed by atoms with Crippen molar-refractivity contribution >= 4 is 32.6 Å². The molecule has 1 amide bonds. The van der Waals surface area contributed by atoms with Gasteiger partial charge in [0.2, 0.25) is 5.91 Å². The monoisotopic (exact) mass is 444 g/mol. The van der Waals surface area contributed by atoms with Gasteiger partial charge in [-0.05, 0) is 30.5 Å². The first-order valence-corrected chi connectivity index (χ1v) is 10.1. The zero-order valence-corrected chi connectivity index (χ0v) is 17.3. The van der Waals surface area contributed by atoms with Crippen molar-refractivity contribution in [3.8, 4) is 0 Å². The first-order chi connectivity index (χ1) is 13.4. The molecule has 0 bridgehead atoms. The smallest absolute Gasteiger partial charge is 0.275 e. The number of nitrogens with zero attached hydrogens (tertiary/aromatic N) is 5. The van der Waals surface area contributed by atoms with E-state index < -0.39 is 0 Å². The number of hydrogen-bond donors (Lipinski definition) is 1. The number of halogens is 1. The predicted octanol–water partition coefficient (Wildman–Crippen LogP) is 2.01. The third-order valence-electron chi connectivity index (χ3n) is 4.99. The summed E-state index contributed by atoms with van der Waals surface area (Å²) in [5.74, 6) is 0.838. The second-order valence-electron chi connectivity index (χ2n) is 7.40. The second-order valence-corrected chi connectivity index (χ2v) is 8.31. The molecule has 4 rings (SSSR count). The molecule has 0 fully saturated rings. The summed E-state index contributed by atoms with van der Waals surface area (Å²) in [5.41, 5.74) is 0.544. The molecule has 9 heteroatoms. The number of rotatable bonds is 4. The normalized spacial score (nSPS) is 16.4. The van der Waals surface area contributed by atoms with Gasteiger partial charge in [-0.1, -0.05) is 29.8 Å². The van der Waals surface area contributed by atoms with E-state index in [0.717, 1.165) is 34.2 Å². The van der Waals surface area contributed by atoms with E-state index in [1.54, 1.807) is 12.4 Å². The molecule has 1 aliphatic heterocycles. The van der Waals surface area contributed by atoms with Crippen molar-refractivity contribution in [3.63, 3.8) is 0 Å². The highest BCUT2D eigenvalue weighted by atomic mass is 79.9. The molecule has 1 unspecified atom stereocenters. The average Bonchev–Trinajstić information content (AvgIpc) is 3.11. The standard InChI is InChI=1S/C19H21BrN6O2/c1-11(2)18-15-7-12(20)3-5-14(15)19(28)26(24-18)9-17(27)22-13-4-6-16-23-21-10-25(16)8-13/h3,5,7,10-11,13H,4,6,8-9H2,1-2H3,(H,22,27). The van der Waals surface area contributed by atoms with E-state index in [2.05, 4.69) is 36.5 Å². The van der Waals surface area contributed by atoms with Crippen LogP contribution in [0.25, 0.3) is 10.8 Å². The van der Waals surface area contributed by atoms with Crippen molar-refractivity contribution < 1.29 is 4.79 Å². The molecule has 0 radical (unpaired) electrons. The Balaban J connectivity index is 1.57. The van der Waals surface area contributed by atoms with Crippen LogP contribution in [0.1, 0.15) is 37.7 Å². The molecule has 8 nitrogen and oxygen atoms in total. The third kappa shape index (κ3) is 3.58. The molecule has 2 aromatic heterocycles. The van der Waals surface area contributed by atoms with E-state index in [9.17, 15) is 9.59 Å². The van der Waals surface area contributed by atoms with Crippen molar-refractivity contribution in [2.45, 2.75) is 51.7 Å². The summed E-state index contributed by atoms with van der Waals surface area (Å²) < 4.78 is 4.11. The largest absolute Gasteiger partial charge is 0.350 e. The first-order valence-electron chi connectivity index (χ1n) is 9.28. The van der Waals surface area contributed by atoms with E-state index in [4.69, 9.17) is 0 Å². The topological polar surface area (TPSA) is 94.7 Å². The van der Waals surface area contributed by atoms with E-state index >= 15 is 0 Å². The maximum atomic E-state index is 12.9. The van der Waals surface area contributed by atoms with Gasteiger partial charge in [0.05, 0.1) is 11.1 Å². The highest BCUT2D eigenvalue weighted by Gasteiger charge is 2.22. The fraction of sp³-hybridized carbons (Fsp3) is 0.421. The second kappa shape index (κ2) is 7.46. The predicted molar refractivity (Wildman–Crippen MR) is 108 cm³/mol. The lowest BCUT2D eigenvalue weighted by Gasteiger charge is -2.24. The summed E-state index contributed by atoms with van der Waals surface area (Å²) in [7, 11) is 0. The van der Waals surface area contributed by atoms with Crippen LogP contribution >= 0.6 is 15.9 Å². The number of carbonyl (C=O) groups is 1. The fourth-order valence-electron chi connectivity index (χ4n) is 3.60. The van der Waals surface area contributed by atoms with Crippen LogP contribution in [-0.4, -0.2) is 36.5 Å². The lowest BCUT2D eigenvalue weighted by Crippen LogP contribution is -2.43. The third-order valence-corrected chi connectivity index (χ3v) is 5.48. The number of aromatic nitrogens is 5. The van der Waals surface area contributed by atoms with Crippen LogP contribution < -0.4 is 10.9 Å². The number of fused-ring (bicyclic) bond motifs is 2. The highest BCUT2D eigenvalue weighted by Crippen LogP contribution is 2.24. The van der Waals surface area contributed by atoms with Crippen molar-refractivity contribution in [3.05, 3.63) is 50.9 Å². The Morgan fingerprint density at radius 3 is 2.96 bits per heavy atom. The van der Waals surface area contributed by atoms with Gasteiger partial charge in [-0.15, -0.1) is 10.2 Å².